The van der Waals surface area contributed by atoms with E-state index < -0.39 is 0 Å². The molecular weight excluding hydrogens is 262 g/mol. The van der Waals surface area contributed by atoms with Gasteiger partial charge in [0.05, 0.1) is 5.56 Å². The summed E-state index contributed by atoms with van der Waals surface area (Å²) < 4.78 is 0. The Kier molecular flexibility index (Phi) is 4.58. The summed E-state index contributed by atoms with van der Waals surface area (Å²) in [6.45, 7) is 9.86. The van der Waals surface area contributed by atoms with Crippen molar-refractivity contribution in [1.82, 2.24) is 15.3 Å². The maximum absolute atomic E-state index is 12.1. The molecule has 2 atom stereocenters. The number of aromatic nitrogens is 2. The third-order valence-corrected chi connectivity index (χ3v) is 3.77. The first-order valence-corrected chi connectivity index (χ1v) is 7.28. The molecule has 2 N–H and O–H groups in total. The fourth-order valence-electron chi connectivity index (χ4n) is 2.66. The van der Waals surface area contributed by atoms with Gasteiger partial charge in [0.1, 0.15) is 5.82 Å². The van der Waals surface area contributed by atoms with Gasteiger partial charge in [-0.15, -0.1) is 0 Å². The van der Waals surface area contributed by atoms with Gasteiger partial charge in [-0.1, -0.05) is 29.8 Å². The molecule has 1 aromatic carbocycles. The first kappa shape index (κ1) is 15.4. The highest BCUT2D eigenvalue weighted by atomic mass is 16.1. The molecule has 4 heteroatoms. The Labute approximate surface area is 125 Å². The lowest BCUT2D eigenvalue weighted by Crippen LogP contribution is -2.29. The molecular formula is C17H23N3O. The molecule has 0 saturated carbocycles. The smallest absolute Gasteiger partial charge is 0.255 e. The van der Waals surface area contributed by atoms with E-state index in [4.69, 9.17) is 0 Å². The van der Waals surface area contributed by atoms with Gasteiger partial charge in [0.2, 0.25) is 0 Å². The van der Waals surface area contributed by atoms with Crippen LogP contribution < -0.4 is 10.9 Å². The molecule has 0 aliphatic heterocycles. The second-order valence-electron chi connectivity index (χ2n) is 5.67. The number of H-pyrrole nitrogens is 1. The summed E-state index contributed by atoms with van der Waals surface area (Å²) in [5, 5.41) is 3.47. The van der Waals surface area contributed by atoms with Crippen molar-refractivity contribution >= 4 is 0 Å². The van der Waals surface area contributed by atoms with Gasteiger partial charge in [0.15, 0.2) is 0 Å². The summed E-state index contributed by atoms with van der Waals surface area (Å²) in [5.41, 5.74) is 3.89. The van der Waals surface area contributed by atoms with Crippen LogP contribution in [0.5, 0.6) is 0 Å². The van der Waals surface area contributed by atoms with Crippen molar-refractivity contribution < 1.29 is 0 Å². The minimum absolute atomic E-state index is 0.0573. The Bertz CT molecular complexity index is 673. The molecule has 0 bridgehead atoms. The van der Waals surface area contributed by atoms with Crippen LogP contribution in [0.4, 0.5) is 0 Å². The normalized spacial score (nSPS) is 14.0. The summed E-state index contributed by atoms with van der Waals surface area (Å²) in [7, 11) is 0. The molecule has 0 radical (unpaired) electrons. The molecule has 0 amide bonds. The molecule has 1 unspecified atom stereocenters. The highest BCUT2D eigenvalue weighted by molar-refractivity contribution is 5.25. The third-order valence-electron chi connectivity index (χ3n) is 3.77. The van der Waals surface area contributed by atoms with Gasteiger partial charge in [-0.2, -0.15) is 0 Å². The number of hydrogen-bond acceptors (Lipinski definition) is 3. The Morgan fingerprint density at radius 2 is 1.67 bits per heavy atom. The van der Waals surface area contributed by atoms with Crippen molar-refractivity contribution in [1.29, 1.82) is 0 Å². The van der Waals surface area contributed by atoms with Crippen molar-refractivity contribution in [3.63, 3.8) is 0 Å². The van der Waals surface area contributed by atoms with Crippen molar-refractivity contribution in [3.05, 3.63) is 62.8 Å². The van der Waals surface area contributed by atoms with Crippen LogP contribution in [-0.4, -0.2) is 9.97 Å². The summed E-state index contributed by atoms with van der Waals surface area (Å²) in [6.07, 6.45) is 0. The van der Waals surface area contributed by atoms with Gasteiger partial charge in [0, 0.05) is 17.8 Å². The van der Waals surface area contributed by atoms with Crippen LogP contribution in [0.15, 0.2) is 29.1 Å². The molecule has 4 nitrogen and oxygen atoms in total. The quantitative estimate of drug-likeness (QED) is 0.907. The van der Waals surface area contributed by atoms with Crippen molar-refractivity contribution in [2.24, 2.45) is 0 Å². The van der Waals surface area contributed by atoms with Crippen LogP contribution >= 0.6 is 0 Å². The molecule has 0 aliphatic carbocycles. The second-order valence-corrected chi connectivity index (χ2v) is 5.67. The number of aromatic amines is 1. The highest BCUT2D eigenvalue weighted by Gasteiger charge is 2.17. The predicted molar refractivity (Wildman–Crippen MR) is 85.5 cm³/mol. The Balaban J connectivity index is 2.20. The highest BCUT2D eigenvalue weighted by Crippen LogP contribution is 2.19. The fraction of sp³-hybridized carbons (Fsp3) is 0.412. The molecule has 112 valence electrons. The maximum Gasteiger partial charge on any atom is 0.255 e. The number of benzene rings is 1. The molecule has 1 heterocycles. The van der Waals surface area contributed by atoms with E-state index in [9.17, 15) is 4.79 Å². The van der Waals surface area contributed by atoms with E-state index in [1.54, 1.807) is 6.92 Å². The fourth-order valence-corrected chi connectivity index (χ4v) is 2.66. The van der Waals surface area contributed by atoms with Gasteiger partial charge in [-0.25, -0.2) is 4.98 Å². The van der Waals surface area contributed by atoms with Crippen molar-refractivity contribution in [3.8, 4) is 0 Å². The summed E-state index contributed by atoms with van der Waals surface area (Å²) in [6, 6.07) is 8.54. The minimum atomic E-state index is -0.0592. The maximum atomic E-state index is 12.1. The number of hydrogen-bond donors (Lipinski definition) is 2. The number of nitrogens with one attached hydrogen (secondary N) is 2. The molecule has 0 fully saturated rings. The summed E-state index contributed by atoms with van der Waals surface area (Å²) in [5.74, 6) is 0.653. The zero-order chi connectivity index (χ0) is 15.6. The van der Waals surface area contributed by atoms with Crippen molar-refractivity contribution in [2.45, 2.75) is 46.7 Å². The van der Waals surface area contributed by atoms with Gasteiger partial charge in [-0.3, -0.25) is 4.79 Å². The molecule has 0 saturated heterocycles. The molecule has 1 aromatic heterocycles. The van der Waals surface area contributed by atoms with Crippen LogP contribution in [0.25, 0.3) is 0 Å². The predicted octanol–water partition coefficient (Wildman–Crippen LogP) is 3.11. The van der Waals surface area contributed by atoms with E-state index in [1.165, 1.54) is 11.1 Å². The average Bonchev–Trinajstić information content (AvgIpc) is 2.37. The lowest BCUT2D eigenvalue weighted by atomic mass is 10.0. The number of rotatable bonds is 4. The third kappa shape index (κ3) is 3.58. The van der Waals surface area contributed by atoms with Crippen molar-refractivity contribution in [2.75, 3.05) is 0 Å². The van der Waals surface area contributed by atoms with E-state index in [0.29, 0.717) is 11.4 Å². The summed E-state index contributed by atoms with van der Waals surface area (Å²) in [4.78, 5) is 19.3. The molecule has 2 rings (SSSR count). The number of aryl methyl sites for hydroxylation is 3. The molecule has 21 heavy (non-hydrogen) atoms. The van der Waals surface area contributed by atoms with Gasteiger partial charge in [0.25, 0.3) is 5.56 Å². The standard InChI is InChI=1S/C17H23N3O/c1-10-6-8-15(9-7-10)11(2)18-12(3)16-13(4)19-14(5)20-17(16)21/h6-9,11-12,18H,1-5H3,(H,19,20,21)/t11-,12?/m1/s1. The van der Waals surface area contributed by atoms with Crippen LogP contribution in [-0.2, 0) is 0 Å². The zero-order valence-corrected chi connectivity index (χ0v) is 13.3. The average molecular weight is 285 g/mol. The van der Waals surface area contributed by atoms with Crippen LogP contribution in [0, 0.1) is 20.8 Å². The van der Waals surface area contributed by atoms with E-state index in [-0.39, 0.29) is 17.6 Å². The van der Waals surface area contributed by atoms with E-state index in [2.05, 4.69) is 53.4 Å². The molecule has 0 aliphatic rings. The first-order valence-electron chi connectivity index (χ1n) is 7.28. The number of nitrogens with zero attached hydrogens (tertiary/aromatic N) is 1. The lowest BCUT2D eigenvalue weighted by molar-refractivity contribution is 0.487. The molecule has 2 aromatic rings. The minimum Gasteiger partial charge on any atom is -0.310 e. The first-order chi connectivity index (χ1) is 9.88. The van der Waals surface area contributed by atoms with E-state index in [0.717, 1.165) is 5.69 Å². The lowest BCUT2D eigenvalue weighted by Gasteiger charge is -2.21. The Morgan fingerprint density at radius 3 is 2.24 bits per heavy atom. The van der Waals surface area contributed by atoms with Gasteiger partial charge >= 0.3 is 0 Å². The second kappa shape index (κ2) is 6.22. The van der Waals surface area contributed by atoms with Crippen LogP contribution in [0.2, 0.25) is 0 Å². The van der Waals surface area contributed by atoms with Crippen LogP contribution in [0.1, 0.15) is 54.1 Å². The van der Waals surface area contributed by atoms with Gasteiger partial charge < -0.3 is 10.3 Å². The summed E-state index contributed by atoms with van der Waals surface area (Å²) >= 11 is 0. The Morgan fingerprint density at radius 1 is 1.05 bits per heavy atom. The van der Waals surface area contributed by atoms with E-state index >= 15 is 0 Å². The van der Waals surface area contributed by atoms with Crippen LogP contribution in [0.3, 0.4) is 0 Å². The monoisotopic (exact) mass is 285 g/mol. The van der Waals surface area contributed by atoms with Gasteiger partial charge in [-0.05, 0) is 40.2 Å². The van der Waals surface area contributed by atoms with E-state index in [1.807, 2.05) is 13.8 Å². The topological polar surface area (TPSA) is 57.8 Å². The SMILES string of the molecule is Cc1ccc([C@@H](C)NC(C)c2c(C)nc(C)[nH]c2=O)cc1. The molecule has 0 spiro atoms. The Hall–Kier alpha value is -1.94. The zero-order valence-electron chi connectivity index (χ0n) is 13.3. The largest absolute Gasteiger partial charge is 0.310 e.